The van der Waals surface area contributed by atoms with Gasteiger partial charge in [-0.25, -0.2) is 4.68 Å². The molecule has 1 fully saturated rings. The predicted molar refractivity (Wildman–Crippen MR) is 85.9 cm³/mol. The topological polar surface area (TPSA) is 98.7 Å². The minimum atomic E-state index is -0.577. The molecule has 0 atom stereocenters. The fraction of sp³-hybridized carbons (Fsp3) is 0.688. The summed E-state index contributed by atoms with van der Waals surface area (Å²) >= 11 is 0. The largest absolute Gasteiger partial charge is 0.340 e. The second-order valence-electron chi connectivity index (χ2n) is 7.46. The van der Waals surface area contributed by atoms with Crippen LogP contribution in [0, 0.1) is 0 Å². The first-order valence-corrected chi connectivity index (χ1v) is 8.39. The molecule has 0 unspecified atom stereocenters. The Morgan fingerprint density at radius 1 is 1.33 bits per heavy atom. The number of nitrogens with one attached hydrogen (secondary N) is 1. The highest BCUT2D eigenvalue weighted by molar-refractivity contribution is 5.76. The van der Waals surface area contributed by atoms with Crippen LogP contribution in [0.4, 0.5) is 0 Å². The Morgan fingerprint density at radius 2 is 2.08 bits per heavy atom. The van der Waals surface area contributed by atoms with Crippen molar-refractivity contribution in [3.63, 3.8) is 0 Å². The number of aromatic nitrogens is 5. The number of amides is 1. The van der Waals surface area contributed by atoms with Gasteiger partial charge >= 0.3 is 0 Å². The molecule has 0 spiro atoms. The summed E-state index contributed by atoms with van der Waals surface area (Å²) in [6.45, 7) is 6.25. The van der Waals surface area contributed by atoms with Crippen LogP contribution in [0.2, 0.25) is 0 Å². The van der Waals surface area contributed by atoms with Crippen LogP contribution in [0.5, 0.6) is 0 Å². The number of nitrogens with zero attached hydrogens (tertiary/aromatic N) is 5. The normalized spacial score (nSPS) is 17.6. The van der Waals surface area contributed by atoms with Crippen molar-refractivity contribution in [2.45, 2.75) is 70.4 Å². The Morgan fingerprint density at radius 3 is 2.67 bits per heavy atom. The van der Waals surface area contributed by atoms with Gasteiger partial charge < -0.3 is 9.84 Å². The highest BCUT2D eigenvalue weighted by Gasteiger charge is 2.41. The van der Waals surface area contributed by atoms with Crippen molar-refractivity contribution in [1.82, 2.24) is 30.5 Å². The molecule has 2 aromatic rings. The van der Waals surface area contributed by atoms with Gasteiger partial charge in [0.2, 0.25) is 5.91 Å². The second-order valence-corrected chi connectivity index (χ2v) is 7.46. The van der Waals surface area contributed by atoms with E-state index in [1.54, 1.807) is 12.4 Å². The second kappa shape index (κ2) is 6.33. The van der Waals surface area contributed by atoms with E-state index >= 15 is 0 Å². The molecule has 1 aliphatic carbocycles. The smallest absolute Gasteiger partial charge is 0.252 e. The molecule has 8 heteroatoms. The highest BCUT2D eigenvalue weighted by Crippen LogP contribution is 2.37. The van der Waals surface area contributed by atoms with Gasteiger partial charge in [-0.3, -0.25) is 4.79 Å². The lowest BCUT2D eigenvalue weighted by Gasteiger charge is -2.34. The Hall–Kier alpha value is -2.25. The van der Waals surface area contributed by atoms with Gasteiger partial charge in [0.25, 0.3) is 5.89 Å². The Bertz CT molecular complexity index is 680. The summed E-state index contributed by atoms with van der Waals surface area (Å²) in [5.41, 5.74) is -0.769. The van der Waals surface area contributed by atoms with Crippen molar-refractivity contribution < 1.29 is 9.32 Å². The Labute approximate surface area is 141 Å². The Kier molecular flexibility index (Phi) is 4.38. The molecule has 1 N–H and O–H groups in total. The molecule has 8 nitrogen and oxygen atoms in total. The van der Waals surface area contributed by atoms with Crippen LogP contribution in [0.25, 0.3) is 0 Å². The van der Waals surface area contributed by atoms with Gasteiger partial charge in [0.1, 0.15) is 12.1 Å². The lowest BCUT2D eigenvalue weighted by Crippen LogP contribution is -2.48. The fourth-order valence-electron chi connectivity index (χ4n) is 3.04. The minimum absolute atomic E-state index is 0.127. The van der Waals surface area contributed by atoms with E-state index in [1.165, 1.54) is 4.68 Å². The van der Waals surface area contributed by atoms with Gasteiger partial charge in [-0.05, 0) is 12.8 Å². The first-order valence-electron chi connectivity index (χ1n) is 8.39. The van der Waals surface area contributed by atoms with Crippen molar-refractivity contribution >= 4 is 5.91 Å². The average Bonchev–Trinajstić information content (AvgIpc) is 3.18. The first kappa shape index (κ1) is 16.6. The average molecular weight is 332 g/mol. The summed E-state index contributed by atoms with van der Waals surface area (Å²) in [7, 11) is 0. The van der Waals surface area contributed by atoms with Crippen LogP contribution in [0.3, 0.4) is 0 Å². The van der Waals surface area contributed by atoms with E-state index in [2.05, 4.69) is 25.8 Å². The minimum Gasteiger partial charge on any atom is -0.340 e. The zero-order valence-corrected chi connectivity index (χ0v) is 14.4. The third-order valence-corrected chi connectivity index (χ3v) is 4.37. The van der Waals surface area contributed by atoms with Crippen molar-refractivity contribution in [1.29, 1.82) is 0 Å². The lowest BCUT2D eigenvalue weighted by atomic mass is 9.81. The van der Waals surface area contributed by atoms with E-state index in [0.717, 1.165) is 32.1 Å². The van der Waals surface area contributed by atoms with Crippen LogP contribution in [-0.4, -0.2) is 31.0 Å². The maximum Gasteiger partial charge on any atom is 0.252 e. The Balaban J connectivity index is 1.82. The van der Waals surface area contributed by atoms with Crippen LogP contribution in [0.15, 0.2) is 16.9 Å². The first-order chi connectivity index (χ1) is 11.4. The summed E-state index contributed by atoms with van der Waals surface area (Å²) in [5.74, 6) is 1.05. The lowest BCUT2D eigenvalue weighted by molar-refractivity contribution is -0.124. The summed E-state index contributed by atoms with van der Waals surface area (Å²) in [4.78, 5) is 17.1. The van der Waals surface area contributed by atoms with E-state index in [9.17, 15) is 4.79 Å². The molecule has 2 heterocycles. The van der Waals surface area contributed by atoms with Crippen LogP contribution in [-0.2, 0) is 22.3 Å². The predicted octanol–water partition coefficient (Wildman–Crippen LogP) is 1.93. The molecule has 1 amide bonds. The molecule has 0 aliphatic heterocycles. The van der Waals surface area contributed by atoms with E-state index in [0.29, 0.717) is 11.7 Å². The number of hydrogen-bond acceptors (Lipinski definition) is 6. The number of carbonyl (C=O) groups is 1. The monoisotopic (exact) mass is 332 g/mol. The maximum absolute atomic E-state index is 12.5. The zero-order chi connectivity index (χ0) is 17.2. The van der Waals surface area contributed by atoms with Gasteiger partial charge in [0.05, 0.1) is 6.20 Å². The molecule has 1 aliphatic rings. The van der Waals surface area contributed by atoms with Gasteiger partial charge in [0.15, 0.2) is 5.82 Å². The van der Waals surface area contributed by atoms with Gasteiger partial charge in [0, 0.05) is 11.6 Å². The molecule has 0 radical (unpaired) electrons. The van der Waals surface area contributed by atoms with E-state index in [1.807, 2.05) is 20.8 Å². The molecule has 24 heavy (non-hydrogen) atoms. The molecule has 130 valence electrons. The standard InChI is InChI=1S/C16H24N6O2/c1-15(2,3)13-18-14(24-20-13)16(7-5-4-6-8-16)19-12(23)11-22-10-9-17-21-22/h9-10H,4-8,11H2,1-3H3,(H,19,23). The van der Waals surface area contributed by atoms with E-state index in [4.69, 9.17) is 4.52 Å². The number of hydrogen-bond donors (Lipinski definition) is 1. The maximum atomic E-state index is 12.5. The molecule has 0 bridgehead atoms. The molecule has 1 saturated carbocycles. The molecular formula is C16H24N6O2. The van der Waals surface area contributed by atoms with Crippen molar-refractivity contribution in [3.05, 3.63) is 24.1 Å². The van der Waals surface area contributed by atoms with Crippen molar-refractivity contribution in [3.8, 4) is 0 Å². The summed E-state index contributed by atoms with van der Waals surface area (Å²) in [5, 5.41) is 14.8. The number of rotatable bonds is 4. The molecule has 0 saturated heterocycles. The van der Waals surface area contributed by atoms with Crippen LogP contribution < -0.4 is 5.32 Å². The van der Waals surface area contributed by atoms with Gasteiger partial charge in [-0.1, -0.05) is 50.4 Å². The highest BCUT2D eigenvalue weighted by atomic mass is 16.5. The summed E-state index contributed by atoms with van der Waals surface area (Å²) in [6.07, 6.45) is 8.03. The molecular weight excluding hydrogens is 308 g/mol. The van der Waals surface area contributed by atoms with Crippen LogP contribution >= 0.6 is 0 Å². The molecule has 3 rings (SSSR count). The number of carbonyl (C=O) groups excluding carboxylic acids is 1. The van der Waals surface area contributed by atoms with Gasteiger partial charge in [-0.2, -0.15) is 4.98 Å². The van der Waals surface area contributed by atoms with E-state index < -0.39 is 5.54 Å². The van der Waals surface area contributed by atoms with Crippen molar-refractivity contribution in [2.75, 3.05) is 0 Å². The van der Waals surface area contributed by atoms with E-state index in [-0.39, 0.29) is 17.9 Å². The zero-order valence-electron chi connectivity index (χ0n) is 14.4. The summed E-state index contributed by atoms with van der Waals surface area (Å²) in [6, 6.07) is 0. The third kappa shape index (κ3) is 3.47. The van der Waals surface area contributed by atoms with Gasteiger partial charge in [-0.15, -0.1) is 5.10 Å². The molecule has 0 aromatic carbocycles. The third-order valence-electron chi connectivity index (χ3n) is 4.37. The molecule has 2 aromatic heterocycles. The fourth-order valence-corrected chi connectivity index (χ4v) is 3.04. The van der Waals surface area contributed by atoms with Crippen molar-refractivity contribution in [2.24, 2.45) is 0 Å². The quantitative estimate of drug-likeness (QED) is 0.918. The van der Waals surface area contributed by atoms with Crippen LogP contribution in [0.1, 0.15) is 64.6 Å². The summed E-state index contributed by atoms with van der Waals surface area (Å²) < 4.78 is 7.06. The SMILES string of the molecule is CC(C)(C)c1noc(C2(NC(=O)Cn3ccnn3)CCCCC2)n1.